The van der Waals surface area contributed by atoms with Crippen molar-refractivity contribution in [2.75, 3.05) is 17.1 Å². The first-order valence-corrected chi connectivity index (χ1v) is 11.0. The summed E-state index contributed by atoms with van der Waals surface area (Å²) in [5, 5.41) is 4.67. The second kappa shape index (κ2) is 8.44. The molecule has 0 heterocycles. The van der Waals surface area contributed by atoms with Gasteiger partial charge in [0.25, 0.3) is 0 Å². The number of nitrogens with zero attached hydrogens (tertiary/aromatic N) is 1. The fourth-order valence-electron chi connectivity index (χ4n) is 3.28. The molecule has 0 saturated carbocycles. The first-order chi connectivity index (χ1) is 13.4. The fourth-order valence-corrected chi connectivity index (χ4v) is 4.15. The maximum atomic E-state index is 12.7. The van der Waals surface area contributed by atoms with E-state index in [4.69, 9.17) is 0 Å². The van der Waals surface area contributed by atoms with Crippen molar-refractivity contribution >= 4 is 32.4 Å². The lowest BCUT2D eigenvalue weighted by Crippen LogP contribution is -2.41. The highest BCUT2D eigenvalue weighted by atomic mass is 32.2. The number of carbonyl (C=O) groups is 1. The van der Waals surface area contributed by atoms with E-state index in [1.807, 2.05) is 67.6 Å². The third kappa shape index (κ3) is 4.51. The summed E-state index contributed by atoms with van der Waals surface area (Å²) in [6, 6.07) is 22.5. The highest BCUT2D eigenvalue weighted by molar-refractivity contribution is 7.92. The Kier molecular flexibility index (Phi) is 5.99. The fraction of sp³-hybridized carbons (Fsp3) is 0.227. The number of hydrogen-bond donors (Lipinski definition) is 1. The van der Waals surface area contributed by atoms with Crippen molar-refractivity contribution in [2.24, 2.45) is 0 Å². The van der Waals surface area contributed by atoms with Crippen molar-refractivity contribution in [1.29, 1.82) is 0 Å². The molecule has 1 atom stereocenters. The van der Waals surface area contributed by atoms with Gasteiger partial charge >= 0.3 is 0 Å². The Morgan fingerprint density at radius 3 is 2.29 bits per heavy atom. The summed E-state index contributed by atoms with van der Waals surface area (Å²) in [6.45, 7) is 1.72. The molecule has 0 radical (unpaired) electrons. The van der Waals surface area contributed by atoms with Gasteiger partial charge in [-0.1, -0.05) is 73.7 Å². The van der Waals surface area contributed by atoms with Crippen LogP contribution in [-0.4, -0.2) is 27.1 Å². The van der Waals surface area contributed by atoms with Crippen LogP contribution in [0.2, 0.25) is 0 Å². The van der Waals surface area contributed by atoms with Gasteiger partial charge in [0, 0.05) is 5.39 Å². The number of hydrogen-bond acceptors (Lipinski definition) is 3. The molecule has 0 aliphatic rings. The van der Waals surface area contributed by atoms with E-state index in [1.54, 1.807) is 12.1 Å². The van der Waals surface area contributed by atoms with Gasteiger partial charge in [0.15, 0.2) is 0 Å². The molecule has 5 nitrogen and oxygen atoms in total. The Labute approximate surface area is 166 Å². The SMILES string of the molecule is CC[C@H](NC(=O)CN(c1cccc2ccccc12)S(C)(=O)=O)c1ccccc1. The summed E-state index contributed by atoms with van der Waals surface area (Å²) in [7, 11) is -3.64. The van der Waals surface area contributed by atoms with E-state index < -0.39 is 10.0 Å². The molecule has 6 heteroatoms. The van der Waals surface area contributed by atoms with Crippen LogP contribution in [0.5, 0.6) is 0 Å². The van der Waals surface area contributed by atoms with Gasteiger partial charge in [-0.2, -0.15) is 0 Å². The number of carbonyl (C=O) groups excluding carboxylic acids is 1. The summed E-state index contributed by atoms with van der Waals surface area (Å²) >= 11 is 0. The Morgan fingerprint density at radius 1 is 0.964 bits per heavy atom. The summed E-state index contributed by atoms with van der Waals surface area (Å²) in [5.41, 5.74) is 1.50. The minimum Gasteiger partial charge on any atom is -0.348 e. The Hall–Kier alpha value is -2.86. The number of benzene rings is 3. The number of anilines is 1. The van der Waals surface area contributed by atoms with Gasteiger partial charge in [-0.25, -0.2) is 8.42 Å². The standard InChI is InChI=1S/C22H24N2O3S/c1-3-20(18-11-5-4-6-12-18)23-22(25)16-24(28(2,26)27)21-15-9-13-17-10-7-8-14-19(17)21/h4-15,20H,3,16H2,1-2H3,(H,23,25)/t20-/m0/s1. The zero-order valence-electron chi connectivity index (χ0n) is 16.0. The lowest BCUT2D eigenvalue weighted by molar-refractivity contribution is -0.120. The van der Waals surface area contributed by atoms with E-state index in [9.17, 15) is 13.2 Å². The molecular weight excluding hydrogens is 372 g/mol. The molecule has 0 aliphatic carbocycles. The van der Waals surface area contributed by atoms with Gasteiger partial charge in [0.2, 0.25) is 15.9 Å². The largest absolute Gasteiger partial charge is 0.348 e. The van der Waals surface area contributed by atoms with Crippen molar-refractivity contribution in [2.45, 2.75) is 19.4 Å². The Balaban J connectivity index is 1.88. The van der Waals surface area contributed by atoms with Gasteiger partial charge in [-0.15, -0.1) is 0 Å². The highest BCUT2D eigenvalue weighted by Gasteiger charge is 2.23. The van der Waals surface area contributed by atoms with Crippen LogP contribution in [0.3, 0.4) is 0 Å². The minimum absolute atomic E-state index is 0.164. The van der Waals surface area contributed by atoms with Crippen LogP contribution < -0.4 is 9.62 Å². The topological polar surface area (TPSA) is 66.5 Å². The third-order valence-corrected chi connectivity index (χ3v) is 5.79. The smallest absolute Gasteiger partial charge is 0.241 e. The van der Waals surface area contributed by atoms with Gasteiger partial charge < -0.3 is 5.32 Å². The van der Waals surface area contributed by atoms with E-state index in [2.05, 4.69) is 5.32 Å². The van der Waals surface area contributed by atoms with E-state index >= 15 is 0 Å². The van der Waals surface area contributed by atoms with Gasteiger partial charge in [0.05, 0.1) is 18.0 Å². The normalized spacial score (nSPS) is 12.5. The van der Waals surface area contributed by atoms with Crippen LogP contribution in [0, 0.1) is 0 Å². The van der Waals surface area contributed by atoms with Crippen molar-refractivity contribution in [3.05, 3.63) is 78.4 Å². The predicted molar refractivity (Wildman–Crippen MR) is 114 cm³/mol. The minimum atomic E-state index is -3.64. The molecule has 0 aliphatic heterocycles. The molecule has 0 aromatic heterocycles. The average Bonchev–Trinajstić information content (AvgIpc) is 2.70. The van der Waals surface area contributed by atoms with Crippen LogP contribution in [0.15, 0.2) is 72.8 Å². The molecular formula is C22H24N2O3S. The maximum absolute atomic E-state index is 12.7. The lowest BCUT2D eigenvalue weighted by Gasteiger charge is -2.25. The number of sulfonamides is 1. The molecule has 0 fully saturated rings. The zero-order valence-corrected chi connectivity index (χ0v) is 16.8. The number of rotatable bonds is 7. The summed E-state index contributed by atoms with van der Waals surface area (Å²) in [5.74, 6) is -0.339. The number of fused-ring (bicyclic) bond motifs is 1. The molecule has 0 bridgehead atoms. The van der Waals surface area contributed by atoms with Crippen molar-refractivity contribution < 1.29 is 13.2 Å². The van der Waals surface area contributed by atoms with Crippen molar-refractivity contribution in [1.82, 2.24) is 5.32 Å². The second-order valence-corrected chi connectivity index (χ2v) is 8.61. The van der Waals surface area contributed by atoms with E-state index in [-0.39, 0.29) is 18.5 Å². The quantitative estimate of drug-likeness (QED) is 0.659. The first-order valence-electron chi connectivity index (χ1n) is 9.20. The molecule has 3 rings (SSSR count). The molecule has 0 unspecified atom stereocenters. The first kappa shape index (κ1) is 19.9. The third-order valence-electron chi connectivity index (χ3n) is 4.67. The second-order valence-electron chi connectivity index (χ2n) is 6.71. The van der Waals surface area contributed by atoms with Gasteiger partial charge in [-0.3, -0.25) is 9.10 Å². The molecule has 1 N–H and O–H groups in total. The summed E-state index contributed by atoms with van der Waals surface area (Å²) in [4.78, 5) is 12.7. The molecule has 3 aromatic carbocycles. The summed E-state index contributed by atoms with van der Waals surface area (Å²) in [6.07, 6.45) is 1.83. The molecule has 3 aromatic rings. The van der Waals surface area contributed by atoms with Crippen LogP contribution in [0.1, 0.15) is 24.9 Å². The van der Waals surface area contributed by atoms with E-state index in [1.165, 1.54) is 4.31 Å². The van der Waals surface area contributed by atoms with Gasteiger partial charge in [-0.05, 0) is 23.4 Å². The predicted octanol–water partition coefficient (Wildman–Crippen LogP) is 3.87. The number of nitrogens with one attached hydrogen (secondary N) is 1. The molecule has 28 heavy (non-hydrogen) atoms. The average molecular weight is 397 g/mol. The molecule has 0 saturated heterocycles. The Bertz CT molecular complexity index is 1060. The summed E-state index contributed by atoms with van der Waals surface area (Å²) < 4.78 is 26.1. The van der Waals surface area contributed by atoms with Crippen LogP contribution in [-0.2, 0) is 14.8 Å². The van der Waals surface area contributed by atoms with Crippen LogP contribution in [0.4, 0.5) is 5.69 Å². The van der Waals surface area contributed by atoms with Gasteiger partial charge in [0.1, 0.15) is 6.54 Å². The van der Waals surface area contributed by atoms with Crippen LogP contribution >= 0.6 is 0 Å². The maximum Gasteiger partial charge on any atom is 0.241 e. The van der Waals surface area contributed by atoms with Crippen LogP contribution in [0.25, 0.3) is 10.8 Å². The monoisotopic (exact) mass is 396 g/mol. The number of amides is 1. The Morgan fingerprint density at radius 2 is 1.61 bits per heavy atom. The lowest BCUT2D eigenvalue weighted by atomic mass is 10.0. The van der Waals surface area contributed by atoms with E-state index in [0.717, 1.165) is 22.6 Å². The molecule has 0 spiro atoms. The molecule has 1 amide bonds. The molecule has 146 valence electrons. The van der Waals surface area contributed by atoms with E-state index in [0.29, 0.717) is 12.1 Å². The van der Waals surface area contributed by atoms with Crippen molar-refractivity contribution in [3.8, 4) is 0 Å². The zero-order chi connectivity index (χ0) is 20.1. The van der Waals surface area contributed by atoms with Crippen molar-refractivity contribution in [3.63, 3.8) is 0 Å². The highest BCUT2D eigenvalue weighted by Crippen LogP contribution is 2.28.